The molecule has 1 aliphatic carbocycles. The van der Waals surface area contributed by atoms with Crippen LogP contribution < -0.4 is 5.73 Å². The molecular formula is C10H21NO. The molecule has 2 heteroatoms. The highest BCUT2D eigenvalue weighted by Crippen LogP contribution is 2.54. The van der Waals surface area contributed by atoms with Gasteiger partial charge in [0.2, 0.25) is 0 Å². The molecule has 1 fully saturated rings. The van der Waals surface area contributed by atoms with E-state index in [9.17, 15) is 0 Å². The third kappa shape index (κ3) is 1.64. The van der Waals surface area contributed by atoms with Crippen LogP contribution in [0.15, 0.2) is 0 Å². The Morgan fingerprint density at radius 1 is 1.42 bits per heavy atom. The first kappa shape index (κ1) is 10.0. The minimum Gasteiger partial charge on any atom is -0.379 e. The lowest BCUT2D eigenvalue weighted by Crippen LogP contribution is -2.24. The van der Waals surface area contributed by atoms with E-state index in [1.54, 1.807) is 7.11 Å². The van der Waals surface area contributed by atoms with E-state index in [0.29, 0.717) is 17.4 Å². The molecule has 72 valence electrons. The first-order chi connectivity index (χ1) is 5.31. The fraction of sp³-hybridized carbons (Fsp3) is 1.00. The largest absolute Gasteiger partial charge is 0.379 e. The molecule has 0 amide bonds. The third-order valence-electron chi connectivity index (χ3n) is 3.40. The first-order valence-corrected chi connectivity index (χ1v) is 4.62. The van der Waals surface area contributed by atoms with Gasteiger partial charge in [-0.1, -0.05) is 13.8 Å². The van der Waals surface area contributed by atoms with Crippen LogP contribution in [-0.4, -0.2) is 18.8 Å². The standard InChI is InChI=1S/C10H21NO/c1-9(2,12-5)6-7-8(11)10(7,3)4/h7-8H,6,11H2,1-5H3/t7-,8-/m1/s1. The Bertz CT molecular complexity index is 175. The summed E-state index contributed by atoms with van der Waals surface area (Å²) in [5, 5.41) is 0. The average Bonchev–Trinajstić information content (AvgIpc) is 2.39. The lowest BCUT2D eigenvalue weighted by molar-refractivity contribution is 0.00803. The fourth-order valence-electron chi connectivity index (χ4n) is 1.79. The Morgan fingerprint density at radius 2 is 1.83 bits per heavy atom. The van der Waals surface area contributed by atoms with E-state index in [-0.39, 0.29) is 5.60 Å². The molecule has 1 aliphatic rings. The predicted octanol–water partition coefficient (Wildman–Crippen LogP) is 1.78. The van der Waals surface area contributed by atoms with Crippen molar-refractivity contribution < 1.29 is 4.74 Å². The predicted molar refractivity (Wildman–Crippen MR) is 51.0 cm³/mol. The van der Waals surface area contributed by atoms with Gasteiger partial charge in [0, 0.05) is 13.2 Å². The monoisotopic (exact) mass is 171 g/mol. The van der Waals surface area contributed by atoms with Gasteiger partial charge in [-0.25, -0.2) is 0 Å². The van der Waals surface area contributed by atoms with Gasteiger partial charge in [-0.3, -0.25) is 0 Å². The molecule has 1 rings (SSSR count). The highest BCUT2D eigenvalue weighted by molar-refractivity contribution is 5.10. The zero-order chi connectivity index (χ0) is 9.57. The first-order valence-electron chi connectivity index (χ1n) is 4.62. The second-order valence-corrected chi connectivity index (χ2v) is 5.12. The van der Waals surface area contributed by atoms with E-state index < -0.39 is 0 Å². The number of rotatable bonds is 3. The van der Waals surface area contributed by atoms with Crippen LogP contribution in [-0.2, 0) is 4.74 Å². The van der Waals surface area contributed by atoms with Gasteiger partial charge in [0.05, 0.1) is 5.60 Å². The number of methoxy groups -OCH3 is 1. The van der Waals surface area contributed by atoms with E-state index in [1.807, 2.05) is 0 Å². The molecule has 0 unspecified atom stereocenters. The fourth-order valence-corrected chi connectivity index (χ4v) is 1.79. The average molecular weight is 171 g/mol. The Kier molecular flexibility index (Phi) is 2.26. The molecule has 0 aromatic carbocycles. The zero-order valence-corrected chi connectivity index (χ0v) is 8.85. The van der Waals surface area contributed by atoms with Crippen LogP contribution >= 0.6 is 0 Å². The van der Waals surface area contributed by atoms with Crippen molar-refractivity contribution in [3.63, 3.8) is 0 Å². The summed E-state index contributed by atoms with van der Waals surface area (Å²) in [7, 11) is 1.76. The van der Waals surface area contributed by atoms with Gasteiger partial charge in [0.25, 0.3) is 0 Å². The molecule has 0 aromatic rings. The van der Waals surface area contributed by atoms with Gasteiger partial charge in [-0.05, 0) is 31.6 Å². The molecule has 0 bridgehead atoms. The Labute approximate surface area is 75.5 Å². The molecular weight excluding hydrogens is 150 g/mol. The maximum absolute atomic E-state index is 5.95. The number of hydrogen-bond donors (Lipinski definition) is 1. The lowest BCUT2D eigenvalue weighted by atomic mass is 9.97. The minimum absolute atomic E-state index is 0.0178. The smallest absolute Gasteiger partial charge is 0.0626 e. The van der Waals surface area contributed by atoms with Crippen LogP contribution in [0.1, 0.15) is 34.1 Å². The Balaban J connectivity index is 2.46. The van der Waals surface area contributed by atoms with Crippen LogP contribution in [0.4, 0.5) is 0 Å². The molecule has 0 aromatic heterocycles. The van der Waals surface area contributed by atoms with E-state index in [4.69, 9.17) is 10.5 Å². The van der Waals surface area contributed by atoms with Gasteiger partial charge < -0.3 is 10.5 Å². The zero-order valence-electron chi connectivity index (χ0n) is 8.85. The van der Waals surface area contributed by atoms with Crippen molar-refractivity contribution in [2.24, 2.45) is 17.1 Å². The van der Waals surface area contributed by atoms with Crippen LogP contribution in [0, 0.1) is 11.3 Å². The quantitative estimate of drug-likeness (QED) is 0.702. The maximum atomic E-state index is 5.95. The normalized spacial score (nSPS) is 33.5. The molecule has 0 radical (unpaired) electrons. The molecule has 0 heterocycles. The number of nitrogens with two attached hydrogens (primary N) is 1. The summed E-state index contributed by atoms with van der Waals surface area (Å²) in [5.74, 6) is 0.632. The third-order valence-corrected chi connectivity index (χ3v) is 3.40. The number of hydrogen-bond acceptors (Lipinski definition) is 2. The van der Waals surface area contributed by atoms with Crippen molar-refractivity contribution in [1.82, 2.24) is 0 Å². The summed E-state index contributed by atoms with van der Waals surface area (Å²) >= 11 is 0. The van der Waals surface area contributed by atoms with Crippen molar-refractivity contribution >= 4 is 0 Å². The second kappa shape index (κ2) is 2.71. The lowest BCUT2D eigenvalue weighted by Gasteiger charge is -2.23. The highest BCUT2D eigenvalue weighted by atomic mass is 16.5. The molecule has 0 spiro atoms. The maximum Gasteiger partial charge on any atom is 0.0626 e. The molecule has 0 aliphatic heterocycles. The SMILES string of the molecule is COC(C)(C)C[C@@H]1[C@@H](N)C1(C)C. The van der Waals surface area contributed by atoms with E-state index in [1.165, 1.54) is 0 Å². The second-order valence-electron chi connectivity index (χ2n) is 5.12. The van der Waals surface area contributed by atoms with Crippen LogP contribution in [0.25, 0.3) is 0 Å². The van der Waals surface area contributed by atoms with Gasteiger partial charge in [0.15, 0.2) is 0 Å². The summed E-state index contributed by atoms with van der Waals surface area (Å²) in [5.41, 5.74) is 6.26. The van der Waals surface area contributed by atoms with E-state index in [2.05, 4.69) is 27.7 Å². The Hall–Kier alpha value is -0.0800. The molecule has 2 N–H and O–H groups in total. The van der Waals surface area contributed by atoms with Crippen LogP contribution in [0.5, 0.6) is 0 Å². The molecule has 12 heavy (non-hydrogen) atoms. The van der Waals surface area contributed by atoms with Crippen molar-refractivity contribution in [3.05, 3.63) is 0 Å². The van der Waals surface area contributed by atoms with Crippen LogP contribution in [0.3, 0.4) is 0 Å². The summed E-state index contributed by atoms with van der Waals surface area (Å²) < 4.78 is 5.37. The van der Waals surface area contributed by atoms with Crippen molar-refractivity contribution in [3.8, 4) is 0 Å². The van der Waals surface area contributed by atoms with Crippen molar-refractivity contribution in [2.75, 3.05) is 7.11 Å². The molecule has 2 atom stereocenters. The summed E-state index contributed by atoms with van der Waals surface area (Å²) in [4.78, 5) is 0. The highest BCUT2D eigenvalue weighted by Gasteiger charge is 2.56. The summed E-state index contributed by atoms with van der Waals surface area (Å²) in [6.45, 7) is 8.70. The van der Waals surface area contributed by atoms with Crippen molar-refractivity contribution in [2.45, 2.75) is 45.8 Å². The number of ether oxygens (including phenoxy) is 1. The minimum atomic E-state index is -0.0178. The summed E-state index contributed by atoms with van der Waals surface area (Å²) in [6.07, 6.45) is 1.07. The molecule has 2 nitrogen and oxygen atoms in total. The van der Waals surface area contributed by atoms with Crippen molar-refractivity contribution in [1.29, 1.82) is 0 Å². The van der Waals surface area contributed by atoms with Gasteiger partial charge in [0.1, 0.15) is 0 Å². The topological polar surface area (TPSA) is 35.2 Å². The summed E-state index contributed by atoms with van der Waals surface area (Å²) in [6, 6.07) is 0.368. The van der Waals surface area contributed by atoms with Gasteiger partial charge in [-0.2, -0.15) is 0 Å². The van der Waals surface area contributed by atoms with E-state index >= 15 is 0 Å². The van der Waals surface area contributed by atoms with Gasteiger partial charge >= 0.3 is 0 Å². The molecule has 0 saturated heterocycles. The van der Waals surface area contributed by atoms with Crippen LogP contribution in [0.2, 0.25) is 0 Å². The van der Waals surface area contributed by atoms with E-state index in [0.717, 1.165) is 6.42 Å². The molecule has 1 saturated carbocycles. The van der Waals surface area contributed by atoms with Gasteiger partial charge in [-0.15, -0.1) is 0 Å². The Morgan fingerprint density at radius 3 is 2.08 bits per heavy atom.